The van der Waals surface area contributed by atoms with Gasteiger partial charge in [0.1, 0.15) is 11.6 Å². The van der Waals surface area contributed by atoms with Crippen molar-refractivity contribution in [3.05, 3.63) is 76.4 Å². The van der Waals surface area contributed by atoms with Crippen molar-refractivity contribution in [3.63, 3.8) is 0 Å². The van der Waals surface area contributed by atoms with Gasteiger partial charge in [0.25, 0.3) is 0 Å². The van der Waals surface area contributed by atoms with Crippen LogP contribution in [0, 0.1) is 6.92 Å². The summed E-state index contributed by atoms with van der Waals surface area (Å²) in [7, 11) is 0. The van der Waals surface area contributed by atoms with E-state index in [-0.39, 0.29) is 6.10 Å². The van der Waals surface area contributed by atoms with Gasteiger partial charge in [-0.25, -0.2) is 0 Å². The molecule has 0 radical (unpaired) electrons. The summed E-state index contributed by atoms with van der Waals surface area (Å²) in [6.07, 6.45) is 11.3. The molecule has 2 aliphatic carbocycles. The third kappa shape index (κ3) is 3.55. The van der Waals surface area contributed by atoms with E-state index in [4.69, 9.17) is 4.74 Å². The number of rotatable bonds is 3. The number of hydrogen-bond donors (Lipinski definition) is 1. The molecular formula is C27H30N4O. The fraction of sp³-hybridized carbons (Fsp3) is 0.407. The molecule has 3 aliphatic rings. The molecule has 3 aromatic rings. The van der Waals surface area contributed by atoms with Crippen LogP contribution >= 0.6 is 0 Å². The zero-order valence-electron chi connectivity index (χ0n) is 18.7. The first-order valence-electron chi connectivity index (χ1n) is 12.0. The normalized spacial score (nSPS) is 21.9. The third-order valence-corrected chi connectivity index (χ3v) is 7.19. The molecule has 164 valence electrons. The molecule has 5 heteroatoms. The fourth-order valence-corrected chi connectivity index (χ4v) is 5.53. The number of ether oxygens (including phenoxy) is 1. The molecule has 32 heavy (non-hydrogen) atoms. The standard InChI is InChI=1S/C27H30N4O/c1-18-9-14-24-21(15-18)16-28-17-26-29-30-27(31(24)26)20-10-12-22(13-11-20)32-25-8-4-6-19-5-2-3-7-23(19)25/h2,4-6,8-9,14-15,20,22,28H,3,7,10-13,16-17H2,1H3. The first-order chi connectivity index (χ1) is 15.8. The van der Waals surface area contributed by atoms with Crippen molar-refractivity contribution < 1.29 is 4.74 Å². The summed E-state index contributed by atoms with van der Waals surface area (Å²) in [5.41, 5.74) is 6.54. The van der Waals surface area contributed by atoms with Gasteiger partial charge in [0.05, 0.1) is 18.3 Å². The van der Waals surface area contributed by atoms with Gasteiger partial charge < -0.3 is 10.1 Å². The quantitative estimate of drug-likeness (QED) is 0.622. The second kappa shape index (κ2) is 8.21. The number of nitrogens with one attached hydrogen (secondary N) is 1. The molecule has 1 saturated carbocycles. The van der Waals surface area contributed by atoms with Crippen LogP contribution in [-0.4, -0.2) is 20.9 Å². The highest BCUT2D eigenvalue weighted by molar-refractivity contribution is 5.60. The molecule has 1 aliphatic heterocycles. The topological polar surface area (TPSA) is 52.0 Å². The Morgan fingerprint density at radius 1 is 1.03 bits per heavy atom. The number of benzene rings is 2. The Morgan fingerprint density at radius 2 is 1.94 bits per heavy atom. The van der Waals surface area contributed by atoms with E-state index in [9.17, 15) is 0 Å². The molecule has 2 heterocycles. The fourth-order valence-electron chi connectivity index (χ4n) is 5.53. The van der Waals surface area contributed by atoms with Gasteiger partial charge in [0, 0.05) is 18.0 Å². The van der Waals surface area contributed by atoms with Crippen LogP contribution in [0.5, 0.6) is 5.75 Å². The molecule has 0 amide bonds. The minimum absolute atomic E-state index is 0.284. The monoisotopic (exact) mass is 426 g/mol. The number of fused-ring (bicyclic) bond motifs is 4. The van der Waals surface area contributed by atoms with E-state index < -0.39 is 0 Å². The highest BCUT2D eigenvalue weighted by atomic mass is 16.5. The summed E-state index contributed by atoms with van der Waals surface area (Å²) in [6.45, 7) is 3.78. The molecule has 0 atom stereocenters. The zero-order chi connectivity index (χ0) is 21.5. The lowest BCUT2D eigenvalue weighted by Crippen LogP contribution is -2.25. The summed E-state index contributed by atoms with van der Waals surface area (Å²) in [6, 6.07) is 13.2. The van der Waals surface area contributed by atoms with Crippen molar-refractivity contribution >= 4 is 6.08 Å². The summed E-state index contributed by atoms with van der Waals surface area (Å²) < 4.78 is 8.85. The smallest absolute Gasteiger partial charge is 0.151 e. The van der Waals surface area contributed by atoms with Crippen molar-refractivity contribution in [3.8, 4) is 11.4 Å². The van der Waals surface area contributed by atoms with Crippen LogP contribution in [0.4, 0.5) is 0 Å². The van der Waals surface area contributed by atoms with Crippen LogP contribution < -0.4 is 10.1 Å². The third-order valence-electron chi connectivity index (χ3n) is 7.19. The molecule has 6 rings (SSSR count). The van der Waals surface area contributed by atoms with Crippen molar-refractivity contribution in [2.75, 3.05) is 0 Å². The van der Waals surface area contributed by atoms with Crippen molar-refractivity contribution in [2.24, 2.45) is 0 Å². The second-order valence-electron chi connectivity index (χ2n) is 9.40. The van der Waals surface area contributed by atoms with Crippen LogP contribution in [0.1, 0.15) is 71.9 Å². The van der Waals surface area contributed by atoms with Gasteiger partial charge in [-0.15, -0.1) is 10.2 Å². The summed E-state index contributed by atoms with van der Waals surface area (Å²) in [5.74, 6) is 3.65. The van der Waals surface area contributed by atoms with Crippen LogP contribution in [0.25, 0.3) is 11.8 Å². The van der Waals surface area contributed by atoms with E-state index in [0.29, 0.717) is 5.92 Å². The first-order valence-corrected chi connectivity index (χ1v) is 12.0. The molecule has 5 nitrogen and oxygen atoms in total. The number of hydrogen-bond acceptors (Lipinski definition) is 4. The largest absolute Gasteiger partial charge is 0.490 e. The Morgan fingerprint density at radius 3 is 2.84 bits per heavy atom. The van der Waals surface area contributed by atoms with E-state index in [2.05, 4.69) is 75.6 Å². The minimum atomic E-state index is 0.284. The Kier molecular flexibility index (Phi) is 5.07. The van der Waals surface area contributed by atoms with E-state index in [0.717, 1.165) is 69.0 Å². The zero-order valence-corrected chi connectivity index (χ0v) is 18.7. The summed E-state index contributed by atoms with van der Waals surface area (Å²) >= 11 is 0. The predicted octanol–water partition coefficient (Wildman–Crippen LogP) is 5.24. The maximum atomic E-state index is 6.53. The molecule has 0 saturated heterocycles. The molecular weight excluding hydrogens is 396 g/mol. The molecule has 0 unspecified atom stereocenters. The van der Waals surface area contributed by atoms with E-state index in [1.54, 1.807) is 0 Å². The van der Waals surface area contributed by atoms with Crippen molar-refractivity contribution in [1.82, 2.24) is 20.1 Å². The minimum Gasteiger partial charge on any atom is -0.490 e. The molecule has 1 fully saturated rings. The average molecular weight is 427 g/mol. The average Bonchev–Trinajstić information content (AvgIpc) is 3.15. The highest BCUT2D eigenvalue weighted by Crippen LogP contribution is 2.37. The van der Waals surface area contributed by atoms with Crippen LogP contribution in [-0.2, 0) is 19.5 Å². The van der Waals surface area contributed by atoms with Crippen LogP contribution in [0.3, 0.4) is 0 Å². The number of nitrogens with zero attached hydrogens (tertiary/aromatic N) is 3. The molecule has 1 N–H and O–H groups in total. The highest BCUT2D eigenvalue weighted by Gasteiger charge is 2.30. The maximum Gasteiger partial charge on any atom is 0.151 e. The Bertz CT molecular complexity index is 1170. The van der Waals surface area contributed by atoms with E-state index in [1.807, 2.05) is 0 Å². The predicted molar refractivity (Wildman–Crippen MR) is 126 cm³/mol. The van der Waals surface area contributed by atoms with Gasteiger partial charge >= 0.3 is 0 Å². The van der Waals surface area contributed by atoms with Crippen molar-refractivity contribution in [2.45, 2.75) is 70.6 Å². The number of aryl methyl sites for hydroxylation is 1. The summed E-state index contributed by atoms with van der Waals surface area (Å²) in [5, 5.41) is 12.8. The van der Waals surface area contributed by atoms with Crippen molar-refractivity contribution in [1.29, 1.82) is 0 Å². The maximum absolute atomic E-state index is 6.53. The van der Waals surface area contributed by atoms with Crippen LogP contribution in [0.2, 0.25) is 0 Å². The Hall–Kier alpha value is -2.92. The Labute approximate surface area is 189 Å². The second-order valence-corrected chi connectivity index (χ2v) is 9.40. The van der Waals surface area contributed by atoms with Gasteiger partial charge in [0.2, 0.25) is 0 Å². The lowest BCUT2D eigenvalue weighted by atomic mass is 9.86. The van der Waals surface area contributed by atoms with E-state index in [1.165, 1.54) is 27.9 Å². The molecule has 0 spiro atoms. The van der Waals surface area contributed by atoms with Gasteiger partial charge in [-0.1, -0.05) is 42.0 Å². The van der Waals surface area contributed by atoms with Crippen LogP contribution in [0.15, 0.2) is 42.5 Å². The van der Waals surface area contributed by atoms with E-state index >= 15 is 0 Å². The SMILES string of the molecule is Cc1ccc2c(c1)CNCc1nnc(C3CCC(Oc4cccc5c4CCC=C5)CC3)n1-2. The molecule has 0 bridgehead atoms. The molecule has 1 aromatic heterocycles. The lowest BCUT2D eigenvalue weighted by Gasteiger charge is -2.30. The number of allylic oxidation sites excluding steroid dienone is 1. The Balaban J connectivity index is 1.21. The molecule has 2 aromatic carbocycles. The number of aromatic nitrogens is 3. The summed E-state index contributed by atoms with van der Waals surface area (Å²) in [4.78, 5) is 0. The lowest BCUT2D eigenvalue weighted by molar-refractivity contribution is 0.143. The van der Waals surface area contributed by atoms with Gasteiger partial charge in [-0.05, 0) is 68.7 Å². The van der Waals surface area contributed by atoms with Gasteiger partial charge in [-0.2, -0.15) is 0 Å². The van der Waals surface area contributed by atoms with Gasteiger partial charge in [0.15, 0.2) is 5.82 Å². The van der Waals surface area contributed by atoms with Gasteiger partial charge in [-0.3, -0.25) is 4.57 Å². The first kappa shape index (κ1) is 19.7.